The molecule has 2 aliphatic rings. The normalized spacial score (nSPS) is 30.4. The lowest BCUT2D eigenvalue weighted by Gasteiger charge is -2.46. The molecule has 0 radical (unpaired) electrons. The Morgan fingerprint density at radius 3 is 2.28 bits per heavy atom. The number of hydrogen-bond acceptors (Lipinski definition) is 3. The Bertz CT molecular complexity index is 311. The Morgan fingerprint density at radius 1 is 1.17 bits per heavy atom. The van der Waals surface area contributed by atoms with Gasteiger partial charge in [0, 0.05) is 31.9 Å². The van der Waals surface area contributed by atoms with Crippen LogP contribution in [0.25, 0.3) is 0 Å². The van der Waals surface area contributed by atoms with E-state index in [2.05, 4.69) is 11.5 Å². The summed E-state index contributed by atoms with van der Waals surface area (Å²) in [7, 11) is 1.77. The lowest BCUT2D eigenvalue weighted by atomic mass is 9.98. The summed E-state index contributed by atoms with van der Waals surface area (Å²) >= 11 is 0. The molecule has 2 saturated heterocycles. The number of allylic oxidation sites excluding steroid dienone is 1. The van der Waals surface area contributed by atoms with Gasteiger partial charge in [0.15, 0.2) is 0 Å². The van der Waals surface area contributed by atoms with Crippen molar-refractivity contribution in [3.8, 4) is 0 Å². The second-order valence-electron chi connectivity index (χ2n) is 5.56. The third-order valence-corrected chi connectivity index (χ3v) is 4.05. The fourth-order valence-corrected chi connectivity index (χ4v) is 2.96. The van der Waals surface area contributed by atoms with Gasteiger partial charge in [-0.2, -0.15) is 0 Å². The first-order valence-corrected chi connectivity index (χ1v) is 6.61. The molecule has 1 atom stereocenters. The highest BCUT2D eigenvalue weighted by atomic mass is 19.3. The van der Waals surface area contributed by atoms with Gasteiger partial charge in [0.05, 0.1) is 12.6 Å². The predicted octanol–water partition coefficient (Wildman–Crippen LogP) is 1.48. The first-order chi connectivity index (χ1) is 8.40. The molecule has 5 heteroatoms. The second-order valence-corrected chi connectivity index (χ2v) is 5.56. The number of nitrogens with zero attached hydrogens (tertiary/aromatic N) is 3. The van der Waals surface area contributed by atoms with Gasteiger partial charge in [-0.3, -0.25) is 4.90 Å². The maximum absolute atomic E-state index is 14.0. The molecule has 0 N–H and O–H groups in total. The molecule has 2 heterocycles. The van der Waals surface area contributed by atoms with Gasteiger partial charge >= 0.3 is 0 Å². The molecule has 0 aromatic rings. The van der Waals surface area contributed by atoms with Crippen molar-refractivity contribution in [3.05, 3.63) is 12.3 Å². The number of hydrogen-bond donors (Lipinski definition) is 0. The van der Waals surface area contributed by atoms with Gasteiger partial charge in [0.1, 0.15) is 0 Å². The van der Waals surface area contributed by atoms with Crippen LogP contribution in [0, 0.1) is 0 Å². The average Bonchev–Trinajstić information content (AvgIpc) is 2.28. The van der Waals surface area contributed by atoms with E-state index in [-0.39, 0.29) is 6.54 Å². The van der Waals surface area contributed by atoms with Crippen molar-refractivity contribution in [2.24, 2.45) is 0 Å². The Balaban J connectivity index is 1.95. The summed E-state index contributed by atoms with van der Waals surface area (Å²) in [5, 5.41) is 0. The van der Waals surface area contributed by atoms with Crippen molar-refractivity contribution in [2.75, 3.05) is 46.3 Å². The van der Waals surface area contributed by atoms with Gasteiger partial charge in [0.2, 0.25) is 0 Å². The van der Waals surface area contributed by atoms with Gasteiger partial charge in [-0.15, -0.1) is 0 Å². The molecule has 18 heavy (non-hydrogen) atoms. The Labute approximate surface area is 108 Å². The summed E-state index contributed by atoms with van der Waals surface area (Å²) < 4.78 is 28.1. The fraction of sp³-hybridized carbons (Fsp3) is 0.846. The first kappa shape index (κ1) is 13.7. The summed E-state index contributed by atoms with van der Waals surface area (Å²) in [4.78, 5) is 5.86. The summed E-state index contributed by atoms with van der Waals surface area (Å²) in [5.74, 6) is -2.58. The highest BCUT2D eigenvalue weighted by Crippen LogP contribution is 2.31. The second kappa shape index (κ2) is 5.13. The Hall–Kier alpha value is -0.680. The molecule has 0 saturated carbocycles. The van der Waals surface area contributed by atoms with Crippen molar-refractivity contribution in [3.63, 3.8) is 0 Å². The lowest BCUT2D eigenvalue weighted by Crippen LogP contribution is -2.61. The quantitative estimate of drug-likeness (QED) is 0.743. The number of alkyl halides is 2. The molecule has 0 aromatic heterocycles. The van der Waals surface area contributed by atoms with Crippen molar-refractivity contribution in [2.45, 2.75) is 25.3 Å². The molecule has 3 nitrogen and oxygen atoms in total. The van der Waals surface area contributed by atoms with Crippen LogP contribution in [0.3, 0.4) is 0 Å². The van der Waals surface area contributed by atoms with E-state index in [1.807, 2.05) is 11.8 Å². The van der Waals surface area contributed by atoms with Crippen molar-refractivity contribution in [1.29, 1.82) is 0 Å². The molecule has 104 valence electrons. The largest absolute Gasteiger partial charge is 0.373 e. The van der Waals surface area contributed by atoms with Gasteiger partial charge < -0.3 is 9.80 Å². The van der Waals surface area contributed by atoms with Crippen LogP contribution in [0.15, 0.2) is 12.3 Å². The first-order valence-electron chi connectivity index (χ1n) is 6.61. The molecular weight excluding hydrogens is 236 g/mol. The fourth-order valence-electron chi connectivity index (χ4n) is 2.96. The molecule has 0 spiro atoms. The third kappa shape index (κ3) is 2.83. The van der Waals surface area contributed by atoms with Crippen LogP contribution in [0.4, 0.5) is 8.78 Å². The minimum atomic E-state index is -2.58. The van der Waals surface area contributed by atoms with E-state index in [9.17, 15) is 8.78 Å². The van der Waals surface area contributed by atoms with Crippen LogP contribution in [0.5, 0.6) is 0 Å². The van der Waals surface area contributed by atoms with E-state index in [4.69, 9.17) is 0 Å². The number of piperidine rings is 1. The number of halogens is 2. The molecule has 0 amide bonds. The van der Waals surface area contributed by atoms with Crippen LogP contribution in [0.2, 0.25) is 0 Å². The third-order valence-electron chi connectivity index (χ3n) is 4.05. The van der Waals surface area contributed by atoms with Gasteiger partial charge in [-0.05, 0) is 26.9 Å². The minimum absolute atomic E-state index is 0.113. The zero-order valence-electron chi connectivity index (χ0n) is 11.3. The molecule has 0 aliphatic carbocycles. The monoisotopic (exact) mass is 259 g/mol. The molecule has 0 aromatic carbocycles. The van der Waals surface area contributed by atoms with Gasteiger partial charge in [-0.1, -0.05) is 6.58 Å². The SMILES string of the molecule is C=C(C)N1CCN(C2CCN(C)CC2(F)F)CC1. The van der Waals surface area contributed by atoms with Crippen molar-refractivity contribution >= 4 is 0 Å². The zero-order chi connectivity index (χ0) is 13.3. The van der Waals surface area contributed by atoms with Gasteiger partial charge in [0.25, 0.3) is 5.92 Å². The predicted molar refractivity (Wildman–Crippen MR) is 68.8 cm³/mol. The Morgan fingerprint density at radius 2 is 1.78 bits per heavy atom. The molecule has 2 aliphatic heterocycles. The lowest BCUT2D eigenvalue weighted by molar-refractivity contribution is -0.128. The molecule has 2 fully saturated rings. The van der Waals surface area contributed by atoms with Crippen LogP contribution in [-0.4, -0.2) is 73.0 Å². The van der Waals surface area contributed by atoms with E-state index in [0.29, 0.717) is 6.42 Å². The Kier molecular flexibility index (Phi) is 3.92. The van der Waals surface area contributed by atoms with Gasteiger partial charge in [-0.25, -0.2) is 8.78 Å². The highest BCUT2D eigenvalue weighted by molar-refractivity contribution is 4.97. The van der Waals surface area contributed by atoms with Crippen molar-refractivity contribution < 1.29 is 8.78 Å². The maximum Gasteiger partial charge on any atom is 0.275 e. The van der Waals surface area contributed by atoms with Crippen LogP contribution in [0.1, 0.15) is 13.3 Å². The summed E-state index contributed by atoms with van der Waals surface area (Å²) in [5.41, 5.74) is 1.03. The maximum atomic E-state index is 14.0. The average molecular weight is 259 g/mol. The van der Waals surface area contributed by atoms with Crippen LogP contribution in [-0.2, 0) is 0 Å². The van der Waals surface area contributed by atoms with E-state index in [1.54, 1.807) is 11.9 Å². The standard InChI is InChI=1S/C13H23F2N3/c1-11(2)17-6-8-18(9-7-17)12-4-5-16(3)10-13(12,14)15/h12H,1,4-10H2,2-3H3. The highest BCUT2D eigenvalue weighted by Gasteiger charge is 2.46. The summed E-state index contributed by atoms with van der Waals surface area (Å²) in [6.45, 7) is 9.60. The molecule has 0 bridgehead atoms. The van der Waals surface area contributed by atoms with Crippen LogP contribution >= 0.6 is 0 Å². The van der Waals surface area contributed by atoms with E-state index < -0.39 is 12.0 Å². The smallest absolute Gasteiger partial charge is 0.275 e. The van der Waals surface area contributed by atoms with E-state index >= 15 is 0 Å². The molecule has 1 unspecified atom stereocenters. The molecular formula is C13H23F2N3. The minimum Gasteiger partial charge on any atom is -0.373 e. The topological polar surface area (TPSA) is 9.72 Å². The van der Waals surface area contributed by atoms with E-state index in [1.165, 1.54) is 0 Å². The number of piperazine rings is 1. The summed E-state index contributed by atoms with van der Waals surface area (Å²) in [6, 6.07) is -0.582. The number of likely N-dealkylation sites (tertiary alicyclic amines) is 1. The summed E-state index contributed by atoms with van der Waals surface area (Å²) in [6.07, 6.45) is 0.566. The number of rotatable bonds is 2. The van der Waals surface area contributed by atoms with E-state index in [0.717, 1.165) is 38.4 Å². The van der Waals surface area contributed by atoms with Crippen LogP contribution < -0.4 is 0 Å². The molecule has 2 rings (SSSR count). The zero-order valence-corrected chi connectivity index (χ0v) is 11.3. The van der Waals surface area contributed by atoms with Crippen molar-refractivity contribution in [1.82, 2.24) is 14.7 Å².